The molecule has 1 aromatic rings. The number of nitrogens with zero attached hydrogens (tertiary/aromatic N) is 1. The van der Waals surface area contributed by atoms with Gasteiger partial charge in [-0.15, -0.1) is 0 Å². The standard InChI is InChI=1S/C19H30N2O2/c1-3-15-23-18-9-7-17(8-10-18)16(2)20-19(22)11-14-21-12-5-4-6-13-21/h7-10,16H,3-6,11-15H2,1-2H3,(H,20,22). The van der Waals surface area contributed by atoms with Crippen molar-refractivity contribution in [3.8, 4) is 5.75 Å². The zero-order chi connectivity index (χ0) is 16.5. The van der Waals surface area contributed by atoms with Crippen LogP contribution in [0.5, 0.6) is 5.75 Å². The predicted molar refractivity (Wildman–Crippen MR) is 93.7 cm³/mol. The van der Waals surface area contributed by atoms with Crippen LogP contribution in [0.1, 0.15) is 57.6 Å². The van der Waals surface area contributed by atoms with Crippen LogP contribution < -0.4 is 10.1 Å². The second kappa shape index (κ2) is 9.56. The normalized spacial score (nSPS) is 16.8. The van der Waals surface area contributed by atoms with E-state index in [2.05, 4.69) is 17.1 Å². The van der Waals surface area contributed by atoms with Crippen molar-refractivity contribution in [1.82, 2.24) is 10.2 Å². The molecule has 1 aliphatic heterocycles. The Labute approximate surface area is 140 Å². The third-order valence-electron chi connectivity index (χ3n) is 4.33. The molecule has 23 heavy (non-hydrogen) atoms. The van der Waals surface area contributed by atoms with Crippen LogP contribution in [0.2, 0.25) is 0 Å². The van der Waals surface area contributed by atoms with Crippen molar-refractivity contribution in [3.63, 3.8) is 0 Å². The van der Waals surface area contributed by atoms with Gasteiger partial charge in [-0.25, -0.2) is 0 Å². The Morgan fingerprint density at radius 2 is 1.91 bits per heavy atom. The molecule has 128 valence electrons. The molecule has 0 aliphatic carbocycles. The van der Waals surface area contributed by atoms with E-state index in [1.54, 1.807) is 0 Å². The SMILES string of the molecule is CCCOc1ccc(C(C)NC(=O)CCN2CCCCC2)cc1. The molecule has 0 aromatic heterocycles. The van der Waals surface area contributed by atoms with Crippen LogP contribution in [0.25, 0.3) is 0 Å². The van der Waals surface area contributed by atoms with Crippen LogP contribution in [0.3, 0.4) is 0 Å². The van der Waals surface area contributed by atoms with Gasteiger partial charge in [0.15, 0.2) is 0 Å². The second-order valence-electron chi connectivity index (χ2n) is 6.36. The summed E-state index contributed by atoms with van der Waals surface area (Å²) in [5.41, 5.74) is 1.11. The molecule has 1 fully saturated rings. The van der Waals surface area contributed by atoms with Crippen LogP contribution in [0.4, 0.5) is 0 Å². The first-order chi connectivity index (χ1) is 11.2. The van der Waals surface area contributed by atoms with Gasteiger partial charge in [0.05, 0.1) is 12.6 Å². The molecule has 1 N–H and O–H groups in total. The lowest BCUT2D eigenvalue weighted by Gasteiger charge is -2.26. The summed E-state index contributed by atoms with van der Waals surface area (Å²) in [6, 6.07) is 8.04. The lowest BCUT2D eigenvalue weighted by Crippen LogP contribution is -2.34. The summed E-state index contributed by atoms with van der Waals surface area (Å²) >= 11 is 0. The number of carbonyl (C=O) groups excluding carboxylic acids is 1. The third kappa shape index (κ3) is 6.22. The molecular weight excluding hydrogens is 288 g/mol. The van der Waals surface area contributed by atoms with Gasteiger partial charge in [-0.05, 0) is 57.0 Å². The topological polar surface area (TPSA) is 41.6 Å². The van der Waals surface area contributed by atoms with Gasteiger partial charge in [0, 0.05) is 13.0 Å². The van der Waals surface area contributed by atoms with E-state index in [1.807, 2.05) is 31.2 Å². The van der Waals surface area contributed by atoms with E-state index in [0.717, 1.165) is 44.0 Å². The Balaban J connectivity index is 1.73. The first-order valence-corrected chi connectivity index (χ1v) is 8.93. The third-order valence-corrected chi connectivity index (χ3v) is 4.33. The molecule has 1 saturated heterocycles. The van der Waals surface area contributed by atoms with Gasteiger partial charge in [0.25, 0.3) is 0 Å². The number of hydrogen-bond acceptors (Lipinski definition) is 3. The van der Waals surface area contributed by atoms with Crippen molar-refractivity contribution in [3.05, 3.63) is 29.8 Å². The molecule has 0 radical (unpaired) electrons. The molecule has 1 amide bonds. The molecule has 0 bridgehead atoms. The zero-order valence-electron chi connectivity index (χ0n) is 14.5. The highest BCUT2D eigenvalue weighted by Crippen LogP contribution is 2.18. The average molecular weight is 318 g/mol. The number of ether oxygens (including phenoxy) is 1. The highest BCUT2D eigenvalue weighted by atomic mass is 16.5. The summed E-state index contributed by atoms with van der Waals surface area (Å²) in [5, 5.41) is 3.09. The number of piperidine rings is 1. The van der Waals surface area contributed by atoms with Gasteiger partial charge in [0.1, 0.15) is 5.75 Å². The van der Waals surface area contributed by atoms with Gasteiger partial charge in [-0.1, -0.05) is 25.5 Å². The Hall–Kier alpha value is -1.55. The summed E-state index contributed by atoms with van der Waals surface area (Å²) in [6.45, 7) is 8.02. The Kier molecular flexibility index (Phi) is 7.40. The highest BCUT2D eigenvalue weighted by Gasteiger charge is 2.13. The minimum Gasteiger partial charge on any atom is -0.494 e. The number of carbonyl (C=O) groups is 1. The maximum atomic E-state index is 12.1. The minimum absolute atomic E-state index is 0.0316. The fraction of sp³-hybridized carbons (Fsp3) is 0.632. The van der Waals surface area contributed by atoms with Crippen LogP contribution >= 0.6 is 0 Å². The Bertz CT molecular complexity index is 467. The van der Waals surface area contributed by atoms with Crippen molar-refractivity contribution in [2.45, 2.75) is 52.0 Å². The molecule has 2 rings (SSSR count). The molecule has 4 nitrogen and oxygen atoms in total. The first-order valence-electron chi connectivity index (χ1n) is 8.93. The van der Waals surface area contributed by atoms with Crippen molar-refractivity contribution in [2.75, 3.05) is 26.2 Å². The predicted octanol–water partition coefficient (Wildman–Crippen LogP) is 3.53. The summed E-state index contributed by atoms with van der Waals surface area (Å²) in [5.74, 6) is 1.02. The van der Waals surface area contributed by atoms with Gasteiger partial charge in [-0.2, -0.15) is 0 Å². The van der Waals surface area contributed by atoms with Crippen LogP contribution in [0, 0.1) is 0 Å². The van der Waals surface area contributed by atoms with E-state index in [9.17, 15) is 4.79 Å². The maximum Gasteiger partial charge on any atom is 0.221 e. The zero-order valence-corrected chi connectivity index (χ0v) is 14.5. The number of hydrogen-bond donors (Lipinski definition) is 1. The smallest absolute Gasteiger partial charge is 0.221 e. The maximum absolute atomic E-state index is 12.1. The highest BCUT2D eigenvalue weighted by molar-refractivity contribution is 5.76. The number of rotatable bonds is 8. The van der Waals surface area contributed by atoms with Crippen molar-refractivity contribution in [2.24, 2.45) is 0 Å². The number of nitrogens with one attached hydrogen (secondary N) is 1. The lowest BCUT2D eigenvalue weighted by molar-refractivity contribution is -0.122. The van der Waals surface area contributed by atoms with E-state index in [4.69, 9.17) is 4.74 Å². The number of likely N-dealkylation sites (tertiary alicyclic amines) is 1. The van der Waals surface area contributed by atoms with E-state index in [-0.39, 0.29) is 11.9 Å². The fourth-order valence-electron chi connectivity index (χ4n) is 2.91. The Morgan fingerprint density at radius 1 is 1.22 bits per heavy atom. The van der Waals surface area contributed by atoms with E-state index in [0.29, 0.717) is 6.42 Å². The van der Waals surface area contributed by atoms with Crippen LogP contribution in [-0.4, -0.2) is 37.0 Å². The lowest BCUT2D eigenvalue weighted by atomic mass is 10.1. The van der Waals surface area contributed by atoms with Gasteiger partial charge in [-0.3, -0.25) is 4.79 Å². The van der Waals surface area contributed by atoms with Gasteiger partial charge in [0.2, 0.25) is 5.91 Å². The molecular formula is C19H30N2O2. The average Bonchev–Trinajstić information content (AvgIpc) is 2.59. The van der Waals surface area contributed by atoms with Crippen LogP contribution in [-0.2, 0) is 4.79 Å². The molecule has 1 unspecified atom stereocenters. The van der Waals surface area contributed by atoms with Crippen LogP contribution in [0.15, 0.2) is 24.3 Å². The Morgan fingerprint density at radius 3 is 2.57 bits per heavy atom. The van der Waals surface area contributed by atoms with E-state index >= 15 is 0 Å². The molecule has 1 atom stereocenters. The number of amides is 1. The van der Waals surface area contributed by atoms with Crippen molar-refractivity contribution >= 4 is 5.91 Å². The van der Waals surface area contributed by atoms with Crippen molar-refractivity contribution in [1.29, 1.82) is 0 Å². The first kappa shape index (κ1) is 17.8. The summed E-state index contributed by atoms with van der Waals surface area (Å²) in [4.78, 5) is 14.5. The quantitative estimate of drug-likeness (QED) is 0.797. The summed E-state index contributed by atoms with van der Waals surface area (Å²) in [6.07, 6.45) is 5.46. The molecule has 0 spiro atoms. The van der Waals surface area contributed by atoms with Gasteiger partial charge < -0.3 is 15.0 Å². The van der Waals surface area contributed by atoms with Crippen molar-refractivity contribution < 1.29 is 9.53 Å². The summed E-state index contributed by atoms with van der Waals surface area (Å²) < 4.78 is 5.58. The molecule has 1 heterocycles. The number of benzene rings is 1. The van der Waals surface area contributed by atoms with Gasteiger partial charge >= 0.3 is 0 Å². The molecule has 4 heteroatoms. The molecule has 1 aliphatic rings. The largest absolute Gasteiger partial charge is 0.494 e. The van der Waals surface area contributed by atoms with E-state index in [1.165, 1.54) is 19.3 Å². The summed E-state index contributed by atoms with van der Waals surface area (Å²) in [7, 11) is 0. The minimum atomic E-state index is 0.0316. The van der Waals surface area contributed by atoms with E-state index < -0.39 is 0 Å². The molecule has 1 aromatic carbocycles. The second-order valence-corrected chi connectivity index (χ2v) is 6.36. The fourth-order valence-corrected chi connectivity index (χ4v) is 2.91. The monoisotopic (exact) mass is 318 g/mol. The molecule has 0 saturated carbocycles.